The summed E-state index contributed by atoms with van der Waals surface area (Å²) in [5.41, 5.74) is 3.64. The second-order valence-corrected chi connectivity index (χ2v) is 7.25. The fourth-order valence-corrected chi connectivity index (χ4v) is 3.72. The number of rotatable bonds is 7. The zero-order valence-corrected chi connectivity index (χ0v) is 16.1. The molecule has 0 saturated carbocycles. The van der Waals surface area contributed by atoms with Gasteiger partial charge in [0.2, 0.25) is 5.91 Å². The van der Waals surface area contributed by atoms with E-state index in [9.17, 15) is 4.79 Å². The van der Waals surface area contributed by atoms with Gasteiger partial charge in [-0.2, -0.15) is 0 Å². The number of amides is 1. The number of carbonyl (C=O) groups is 1. The molecule has 0 spiro atoms. The first kappa shape index (κ1) is 18.7. The van der Waals surface area contributed by atoms with Crippen LogP contribution in [0.4, 0.5) is 0 Å². The Bertz CT molecular complexity index is 928. The van der Waals surface area contributed by atoms with Crippen LogP contribution >= 0.6 is 0 Å². The fourth-order valence-electron chi connectivity index (χ4n) is 3.72. The van der Waals surface area contributed by atoms with Crippen molar-refractivity contribution < 1.29 is 9.53 Å². The topological polar surface area (TPSA) is 46.5 Å². The van der Waals surface area contributed by atoms with Crippen LogP contribution in [-0.4, -0.2) is 41.7 Å². The third-order valence-electron chi connectivity index (χ3n) is 5.35. The molecular formula is C23H27N3O2. The molecule has 0 unspecified atom stereocenters. The number of aryl methyl sites for hydroxylation is 1. The third kappa shape index (κ3) is 4.61. The first-order valence-corrected chi connectivity index (χ1v) is 9.97. The summed E-state index contributed by atoms with van der Waals surface area (Å²) in [7, 11) is 0. The summed E-state index contributed by atoms with van der Waals surface area (Å²) in [5, 5.41) is 4.30. The summed E-state index contributed by atoms with van der Waals surface area (Å²) in [5.74, 6) is 0.0824. The lowest BCUT2D eigenvalue weighted by Crippen LogP contribution is -2.36. The van der Waals surface area contributed by atoms with E-state index in [1.54, 1.807) is 0 Å². The number of aromatic nitrogens is 1. The minimum Gasteiger partial charge on any atom is -0.379 e. The minimum atomic E-state index is 0.0824. The lowest BCUT2D eigenvalue weighted by Gasteiger charge is -2.27. The van der Waals surface area contributed by atoms with Crippen molar-refractivity contribution in [3.63, 3.8) is 0 Å². The van der Waals surface area contributed by atoms with Gasteiger partial charge >= 0.3 is 0 Å². The highest BCUT2D eigenvalue weighted by Crippen LogP contribution is 2.16. The van der Waals surface area contributed by atoms with E-state index >= 15 is 0 Å². The fraction of sp³-hybridized carbons (Fsp3) is 0.348. The Balaban J connectivity index is 1.31. The van der Waals surface area contributed by atoms with Crippen molar-refractivity contribution in [1.82, 2.24) is 14.8 Å². The zero-order valence-electron chi connectivity index (χ0n) is 16.1. The molecule has 0 radical (unpaired) electrons. The molecule has 1 amide bonds. The van der Waals surface area contributed by atoms with Gasteiger partial charge in [0.15, 0.2) is 0 Å². The first-order valence-electron chi connectivity index (χ1n) is 9.97. The predicted molar refractivity (Wildman–Crippen MR) is 111 cm³/mol. The summed E-state index contributed by atoms with van der Waals surface area (Å²) in [6, 6.07) is 18.7. The number of carbonyl (C=O) groups excluding carboxylic acids is 1. The molecule has 1 aromatic heterocycles. The average molecular weight is 377 g/mol. The van der Waals surface area contributed by atoms with E-state index in [0.29, 0.717) is 19.5 Å². The Morgan fingerprint density at radius 2 is 1.71 bits per heavy atom. The second-order valence-electron chi connectivity index (χ2n) is 7.25. The Labute approximate surface area is 165 Å². The average Bonchev–Trinajstić information content (AvgIpc) is 3.15. The van der Waals surface area contributed by atoms with E-state index in [2.05, 4.69) is 57.4 Å². The Hall–Kier alpha value is -2.63. The van der Waals surface area contributed by atoms with E-state index < -0.39 is 0 Å². The van der Waals surface area contributed by atoms with E-state index in [1.165, 1.54) is 22.0 Å². The molecule has 2 aromatic carbocycles. The monoisotopic (exact) mass is 377 g/mol. The van der Waals surface area contributed by atoms with E-state index in [4.69, 9.17) is 4.74 Å². The first-order chi connectivity index (χ1) is 13.8. The Morgan fingerprint density at radius 3 is 2.57 bits per heavy atom. The summed E-state index contributed by atoms with van der Waals surface area (Å²) < 4.78 is 7.57. The van der Waals surface area contributed by atoms with Crippen LogP contribution in [0.5, 0.6) is 0 Å². The van der Waals surface area contributed by atoms with Crippen molar-refractivity contribution in [3.05, 3.63) is 71.9 Å². The highest BCUT2D eigenvalue weighted by Gasteiger charge is 2.13. The molecule has 28 heavy (non-hydrogen) atoms. The van der Waals surface area contributed by atoms with Crippen molar-refractivity contribution in [1.29, 1.82) is 0 Å². The van der Waals surface area contributed by atoms with E-state index in [0.717, 1.165) is 32.8 Å². The Kier molecular flexibility index (Phi) is 6.04. The number of hydrogen-bond acceptors (Lipinski definition) is 3. The van der Waals surface area contributed by atoms with E-state index in [1.807, 2.05) is 18.2 Å². The van der Waals surface area contributed by atoms with Crippen LogP contribution in [0.3, 0.4) is 0 Å². The van der Waals surface area contributed by atoms with Gasteiger partial charge in [-0.05, 0) is 28.6 Å². The maximum absolute atomic E-state index is 12.4. The molecule has 2 heterocycles. The van der Waals surface area contributed by atoms with Gasteiger partial charge in [0.25, 0.3) is 0 Å². The van der Waals surface area contributed by atoms with Crippen molar-refractivity contribution in [2.45, 2.75) is 26.1 Å². The molecule has 1 N–H and O–H groups in total. The highest BCUT2D eigenvalue weighted by molar-refractivity contribution is 5.80. The molecular weight excluding hydrogens is 350 g/mol. The molecule has 4 rings (SSSR count). The highest BCUT2D eigenvalue weighted by atomic mass is 16.5. The molecule has 1 aliphatic rings. The quantitative estimate of drug-likeness (QED) is 0.688. The van der Waals surface area contributed by atoms with Gasteiger partial charge < -0.3 is 14.6 Å². The van der Waals surface area contributed by atoms with Gasteiger partial charge in [0, 0.05) is 50.9 Å². The largest absolute Gasteiger partial charge is 0.379 e. The number of fused-ring (bicyclic) bond motifs is 1. The summed E-state index contributed by atoms with van der Waals surface area (Å²) in [6.07, 6.45) is 2.53. The molecule has 0 aliphatic carbocycles. The van der Waals surface area contributed by atoms with Gasteiger partial charge in [-0.3, -0.25) is 9.69 Å². The van der Waals surface area contributed by atoms with Gasteiger partial charge in [-0.25, -0.2) is 0 Å². The van der Waals surface area contributed by atoms with Gasteiger partial charge in [-0.1, -0.05) is 42.5 Å². The summed E-state index contributed by atoms with van der Waals surface area (Å²) in [4.78, 5) is 14.8. The van der Waals surface area contributed by atoms with Crippen LogP contribution in [0.2, 0.25) is 0 Å². The maximum atomic E-state index is 12.4. The standard InChI is InChI=1S/C23H27N3O2/c27-23(10-12-26-11-9-19-5-3-4-8-22(19)26)24-17-20-6-1-2-7-21(20)18-25-13-15-28-16-14-25/h1-9,11H,10,12-18H2,(H,24,27). The second kappa shape index (κ2) is 9.04. The van der Waals surface area contributed by atoms with Crippen LogP contribution in [0, 0.1) is 0 Å². The zero-order chi connectivity index (χ0) is 19.2. The minimum absolute atomic E-state index is 0.0824. The molecule has 0 atom stereocenters. The number of benzene rings is 2. The van der Waals surface area contributed by atoms with Crippen molar-refractivity contribution in [2.24, 2.45) is 0 Å². The number of ether oxygens (including phenoxy) is 1. The molecule has 3 aromatic rings. The lowest BCUT2D eigenvalue weighted by molar-refractivity contribution is -0.121. The predicted octanol–water partition coefficient (Wildman–Crippen LogP) is 3.18. The Morgan fingerprint density at radius 1 is 0.964 bits per heavy atom. The number of para-hydroxylation sites is 1. The molecule has 146 valence electrons. The SMILES string of the molecule is O=C(CCn1ccc2ccccc21)NCc1ccccc1CN1CCOCC1. The van der Waals surface area contributed by atoms with Gasteiger partial charge in [-0.15, -0.1) is 0 Å². The molecule has 5 nitrogen and oxygen atoms in total. The summed E-state index contributed by atoms with van der Waals surface area (Å²) in [6.45, 7) is 5.70. The van der Waals surface area contributed by atoms with Crippen LogP contribution < -0.4 is 5.32 Å². The normalized spacial score (nSPS) is 15.0. The molecule has 1 saturated heterocycles. The molecule has 1 fully saturated rings. The smallest absolute Gasteiger partial charge is 0.222 e. The van der Waals surface area contributed by atoms with Crippen molar-refractivity contribution in [2.75, 3.05) is 26.3 Å². The maximum Gasteiger partial charge on any atom is 0.222 e. The third-order valence-corrected chi connectivity index (χ3v) is 5.35. The van der Waals surface area contributed by atoms with Crippen molar-refractivity contribution >= 4 is 16.8 Å². The number of hydrogen-bond donors (Lipinski definition) is 1. The van der Waals surface area contributed by atoms with Crippen LogP contribution in [0.15, 0.2) is 60.8 Å². The lowest BCUT2D eigenvalue weighted by atomic mass is 10.1. The number of nitrogens with zero attached hydrogens (tertiary/aromatic N) is 2. The summed E-state index contributed by atoms with van der Waals surface area (Å²) >= 11 is 0. The van der Waals surface area contributed by atoms with E-state index in [-0.39, 0.29) is 5.91 Å². The van der Waals surface area contributed by atoms with Crippen LogP contribution in [0.1, 0.15) is 17.5 Å². The van der Waals surface area contributed by atoms with Gasteiger partial charge in [0.1, 0.15) is 0 Å². The number of morpholine rings is 1. The number of nitrogens with one attached hydrogen (secondary N) is 1. The van der Waals surface area contributed by atoms with Gasteiger partial charge in [0.05, 0.1) is 13.2 Å². The molecule has 5 heteroatoms. The van der Waals surface area contributed by atoms with Crippen molar-refractivity contribution in [3.8, 4) is 0 Å². The molecule has 0 bridgehead atoms. The molecule has 1 aliphatic heterocycles. The van der Waals surface area contributed by atoms with Crippen LogP contribution in [-0.2, 0) is 29.2 Å². The van der Waals surface area contributed by atoms with Crippen LogP contribution in [0.25, 0.3) is 10.9 Å².